The molecule has 20 heavy (non-hydrogen) atoms. The Kier molecular flexibility index (Phi) is 1.65. The Morgan fingerprint density at radius 2 is 2.00 bits per heavy atom. The largest absolute Gasteiger partial charge is 0.298 e. The maximum Gasteiger partial charge on any atom is 0.298 e. The summed E-state index contributed by atoms with van der Waals surface area (Å²) in [5.74, 6) is 1.20. The molecule has 0 aliphatic carbocycles. The van der Waals surface area contributed by atoms with Gasteiger partial charge in [0.15, 0.2) is 17.4 Å². The molecule has 5 nitrogen and oxygen atoms in total. The number of imidazole rings is 2. The van der Waals surface area contributed by atoms with Gasteiger partial charge in [0.2, 0.25) is 5.65 Å². The van der Waals surface area contributed by atoms with Crippen molar-refractivity contribution in [3.63, 3.8) is 0 Å². The van der Waals surface area contributed by atoms with Gasteiger partial charge in [0.25, 0.3) is 5.82 Å². The van der Waals surface area contributed by atoms with Crippen LogP contribution in [0.15, 0.2) is 42.9 Å². The third kappa shape index (κ3) is 1.02. The maximum atomic E-state index is 4.49. The monoisotopic (exact) mass is 262 g/mol. The van der Waals surface area contributed by atoms with Gasteiger partial charge in [-0.2, -0.15) is 4.40 Å². The van der Waals surface area contributed by atoms with E-state index in [1.165, 1.54) is 11.4 Å². The third-order valence-electron chi connectivity index (χ3n) is 4.10. The molecular weight excluding hydrogens is 250 g/mol. The van der Waals surface area contributed by atoms with Crippen LogP contribution >= 0.6 is 0 Å². The number of aromatic nitrogens is 5. The van der Waals surface area contributed by atoms with Gasteiger partial charge in [-0.25, -0.2) is 9.55 Å². The van der Waals surface area contributed by atoms with Gasteiger partial charge in [0, 0.05) is 19.4 Å². The Balaban J connectivity index is 2.03. The van der Waals surface area contributed by atoms with Crippen LogP contribution in [0.25, 0.3) is 28.2 Å². The zero-order chi connectivity index (χ0) is 13.3. The third-order valence-corrected chi connectivity index (χ3v) is 4.10. The first kappa shape index (κ1) is 10.1. The lowest BCUT2D eigenvalue weighted by molar-refractivity contribution is -0.670. The van der Waals surface area contributed by atoms with Crippen molar-refractivity contribution in [1.82, 2.24) is 18.9 Å². The highest BCUT2D eigenvalue weighted by atomic mass is 15.2. The van der Waals surface area contributed by atoms with E-state index < -0.39 is 0 Å². The molecular formula is C15H12N5+. The molecule has 96 valence electrons. The molecule has 0 amide bonds. The number of fused-ring (bicyclic) bond motifs is 7. The topological polar surface area (TPSA) is 39.0 Å². The average Bonchev–Trinajstić information content (AvgIpc) is 3.08. The van der Waals surface area contributed by atoms with Gasteiger partial charge < -0.3 is 0 Å². The molecule has 0 atom stereocenters. The van der Waals surface area contributed by atoms with E-state index in [1.807, 2.05) is 24.5 Å². The van der Waals surface area contributed by atoms with Crippen molar-refractivity contribution in [2.75, 3.05) is 0 Å². The van der Waals surface area contributed by atoms with Crippen molar-refractivity contribution >= 4 is 16.8 Å². The first-order chi connectivity index (χ1) is 9.84. The highest BCUT2D eigenvalue weighted by Crippen LogP contribution is 2.29. The van der Waals surface area contributed by atoms with Crippen LogP contribution in [0, 0.1) is 0 Å². The molecule has 4 aromatic rings. The van der Waals surface area contributed by atoms with E-state index in [1.54, 1.807) is 0 Å². The highest BCUT2D eigenvalue weighted by molar-refractivity contribution is 5.81. The molecule has 0 N–H and O–H groups in total. The molecule has 0 fully saturated rings. The highest BCUT2D eigenvalue weighted by Gasteiger charge is 2.33. The average molecular weight is 262 g/mol. The zero-order valence-electron chi connectivity index (χ0n) is 11.0. The fraction of sp³-hybridized carbons (Fsp3) is 0.133. The Bertz CT molecular complexity index is 992. The Labute approximate surface area is 114 Å². The predicted molar refractivity (Wildman–Crippen MR) is 74.2 cm³/mol. The quantitative estimate of drug-likeness (QED) is 0.397. The molecule has 5 heteroatoms. The number of hydrogen-bond donors (Lipinski definition) is 0. The fourth-order valence-electron chi connectivity index (χ4n) is 3.22. The van der Waals surface area contributed by atoms with E-state index in [2.05, 4.69) is 48.9 Å². The minimum atomic E-state index is 0.842. The smallest absolute Gasteiger partial charge is 0.289 e. The lowest BCUT2D eigenvalue weighted by Crippen LogP contribution is -2.30. The van der Waals surface area contributed by atoms with Crippen molar-refractivity contribution in [1.29, 1.82) is 0 Å². The Morgan fingerprint density at radius 1 is 1.15 bits per heavy atom. The van der Waals surface area contributed by atoms with Gasteiger partial charge in [-0.05, 0) is 24.3 Å². The van der Waals surface area contributed by atoms with E-state index >= 15 is 0 Å². The molecule has 0 unspecified atom stereocenters. The lowest BCUT2D eigenvalue weighted by Gasteiger charge is -1.92. The van der Waals surface area contributed by atoms with Crippen LogP contribution in [0.5, 0.6) is 0 Å². The van der Waals surface area contributed by atoms with E-state index in [9.17, 15) is 0 Å². The number of rotatable bonds is 0. The second-order valence-corrected chi connectivity index (χ2v) is 5.18. The van der Waals surface area contributed by atoms with Gasteiger partial charge in [0.1, 0.15) is 6.54 Å². The number of aryl methyl sites for hydroxylation is 1. The summed E-state index contributed by atoms with van der Waals surface area (Å²) in [7, 11) is 2.06. The van der Waals surface area contributed by atoms with Gasteiger partial charge in [-0.3, -0.25) is 9.55 Å². The van der Waals surface area contributed by atoms with E-state index in [0.717, 1.165) is 29.0 Å². The molecule has 1 aliphatic rings. The summed E-state index contributed by atoms with van der Waals surface area (Å²) in [6.45, 7) is 0.842. The van der Waals surface area contributed by atoms with Gasteiger partial charge in [-0.1, -0.05) is 0 Å². The molecule has 0 saturated carbocycles. The van der Waals surface area contributed by atoms with E-state index in [0.29, 0.717) is 0 Å². The van der Waals surface area contributed by atoms with E-state index in [-0.39, 0.29) is 0 Å². The lowest BCUT2D eigenvalue weighted by atomic mass is 10.2. The van der Waals surface area contributed by atoms with Crippen LogP contribution < -0.4 is 4.57 Å². The van der Waals surface area contributed by atoms with Crippen molar-refractivity contribution in [2.24, 2.45) is 7.05 Å². The normalized spacial score (nSPS) is 13.1. The first-order valence-electron chi connectivity index (χ1n) is 6.63. The summed E-state index contributed by atoms with van der Waals surface area (Å²) >= 11 is 0. The van der Waals surface area contributed by atoms with Crippen LogP contribution in [0.2, 0.25) is 0 Å². The van der Waals surface area contributed by atoms with Crippen LogP contribution in [0.4, 0.5) is 0 Å². The van der Waals surface area contributed by atoms with Gasteiger partial charge >= 0.3 is 0 Å². The molecule has 5 heterocycles. The predicted octanol–water partition coefficient (Wildman–Crippen LogP) is 1.54. The molecule has 0 spiro atoms. The van der Waals surface area contributed by atoms with Crippen LogP contribution in [0.1, 0.15) is 5.69 Å². The van der Waals surface area contributed by atoms with Crippen molar-refractivity contribution in [3.05, 3.63) is 48.5 Å². The molecule has 0 saturated heterocycles. The maximum absolute atomic E-state index is 4.49. The van der Waals surface area contributed by atoms with Crippen LogP contribution in [0.3, 0.4) is 0 Å². The Morgan fingerprint density at radius 3 is 2.95 bits per heavy atom. The molecule has 0 radical (unpaired) electrons. The summed E-state index contributed by atoms with van der Waals surface area (Å²) < 4.78 is 6.67. The van der Waals surface area contributed by atoms with Crippen LogP contribution in [-0.4, -0.2) is 18.9 Å². The van der Waals surface area contributed by atoms with Gasteiger partial charge in [0.05, 0.1) is 11.3 Å². The number of pyridine rings is 2. The molecule has 1 aliphatic heterocycles. The molecule has 4 aromatic heterocycles. The van der Waals surface area contributed by atoms with Crippen molar-refractivity contribution in [2.45, 2.75) is 6.54 Å². The summed E-state index contributed by atoms with van der Waals surface area (Å²) in [6.07, 6.45) is 5.88. The van der Waals surface area contributed by atoms with Crippen molar-refractivity contribution < 1.29 is 4.57 Å². The standard InChI is InChI=1S/C15H12N5/c1-18-13-9-19-8-11-10(4-2-6-16-11)15(19)20(13)12-5-3-7-17-14(12)18/h2-7,9H,8H2,1H3/q+1. The minimum absolute atomic E-state index is 0.842. The molecule has 5 rings (SSSR count). The summed E-state index contributed by atoms with van der Waals surface area (Å²) in [5.41, 5.74) is 5.64. The van der Waals surface area contributed by atoms with E-state index in [4.69, 9.17) is 0 Å². The summed E-state index contributed by atoms with van der Waals surface area (Å²) in [5, 5.41) is 0. The number of nitrogens with zero attached hydrogens (tertiary/aromatic N) is 5. The molecule has 0 bridgehead atoms. The summed E-state index contributed by atoms with van der Waals surface area (Å²) in [4.78, 5) is 8.97. The number of hydrogen-bond acceptors (Lipinski definition) is 2. The Hall–Kier alpha value is -2.69. The first-order valence-corrected chi connectivity index (χ1v) is 6.63. The second-order valence-electron chi connectivity index (χ2n) is 5.18. The molecule has 0 aromatic carbocycles. The summed E-state index contributed by atoms with van der Waals surface area (Å²) in [6, 6.07) is 8.24. The zero-order valence-corrected chi connectivity index (χ0v) is 11.0. The van der Waals surface area contributed by atoms with Crippen molar-refractivity contribution in [3.8, 4) is 11.4 Å². The fourth-order valence-corrected chi connectivity index (χ4v) is 3.22. The second kappa shape index (κ2) is 3.25. The SMILES string of the molecule is Cn1c2ncccc2n2c3[n+](cc12)Cc1ncccc1-3. The van der Waals surface area contributed by atoms with Gasteiger partial charge in [-0.15, -0.1) is 0 Å². The van der Waals surface area contributed by atoms with Crippen LogP contribution in [-0.2, 0) is 13.6 Å². The minimum Gasteiger partial charge on any atom is -0.289 e.